The molecular formula is C12H11N3O. The fourth-order valence-electron chi connectivity index (χ4n) is 1.39. The second-order valence-corrected chi connectivity index (χ2v) is 3.42. The average Bonchev–Trinajstić information content (AvgIpc) is 2.33. The molecule has 0 fully saturated rings. The van der Waals surface area contributed by atoms with Gasteiger partial charge in [-0.25, -0.2) is 0 Å². The van der Waals surface area contributed by atoms with Crippen LogP contribution in [0, 0.1) is 0 Å². The van der Waals surface area contributed by atoms with Crippen LogP contribution in [-0.2, 0) is 6.42 Å². The maximum atomic E-state index is 11.8. The number of hydrogen-bond acceptors (Lipinski definition) is 4. The largest absolute Gasteiger partial charge is 0.398 e. The molecule has 2 rings (SSSR count). The van der Waals surface area contributed by atoms with Crippen molar-refractivity contribution in [3.63, 3.8) is 0 Å². The number of pyridine rings is 2. The van der Waals surface area contributed by atoms with Gasteiger partial charge in [-0.1, -0.05) is 0 Å². The van der Waals surface area contributed by atoms with E-state index in [4.69, 9.17) is 5.73 Å². The lowest BCUT2D eigenvalue weighted by Crippen LogP contribution is -2.06. The van der Waals surface area contributed by atoms with Crippen LogP contribution >= 0.6 is 0 Å². The normalized spacial score (nSPS) is 10.0. The topological polar surface area (TPSA) is 68.9 Å². The number of carbonyl (C=O) groups is 1. The van der Waals surface area contributed by atoms with E-state index >= 15 is 0 Å². The van der Waals surface area contributed by atoms with Gasteiger partial charge in [-0.05, 0) is 18.2 Å². The molecule has 2 heterocycles. The molecule has 4 heteroatoms. The van der Waals surface area contributed by atoms with Crippen molar-refractivity contribution in [2.45, 2.75) is 6.42 Å². The molecule has 2 aromatic rings. The highest BCUT2D eigenvalue weighted by Gasteiger charge is 2.08. The van der Waals surface area contributed by atoms with E-state index in [0.717, 1.165) is 5.56 Å². The van der Waals surface area contributed by atoms with Gasteiger partial charge in [-0.3, -0.25) is 14.8 Å². The van der Waals surface area contributed by atoms with Crippen LogP contribution in [0.15, 0.2) is 43.0 Å². The monoisotopic (exact) mass is 213 g/mol. The summed E-state index contributed by atoms with van der Waals surface area (Å²) in [6.07, 6.45) is 6.66. The Morgan fingerprint density at radius 3 is 2.69 bits per heavy atom. The maximum Gasteiger partial charge on any atom is 0.168 e. The summed E-state index contributed by atoms with van der Waals surface area (Å²) >= 11 is 0. The highest BCUT2D eigenvalue weighted by atomic mass is 16.1. The Hall–Kier alpha value is -2.23. The first-order chi connectivity index (χ1) is 7.77. The number of aromatic nitrogens is 2. The third-order valence-electron chi connectivity index (χ3n) is 2.28. The summed E-state index contributed by atoms with van der Waals surface area (Å²) in [6, 6.07) is 5.16. The number of rotatable bonds is 3. The van der Waals surface area contributed by atoms with Crippen LogP contribution in [0.2, 0.25) is 0 Å². The van der Waals surface area contributed by atoms with Gasteiger partial charge in [-0.15, -0.1) is 0 Å². The van der Waals surface area contributed by atoms with E-state index in [1.807, 2.05) is 0 Å². The standard InChI is InChI=1S/C12H11N3O/c13-11-3-5-15-8-10(11)6-12(16)9-2-1-4-14-7-9/h1-5,7-8H,6H2,(H2,13,15). The number of Topliss-reactive ketones (excluding diaryl/α,β-unsaturated/α-hetero) is 1. The van der Waals surface area contributed by atoms with Gasteiger partial charge in [0.05, 0.1) is 0 Å². The lowest BCUT2D eigenvalue weighted by Gasteiger charge is -2.03. The Labute approximate surface area is 93.2 Å². The Bertz CT molecular complexity index is 497. The summed E-state index contributed by atoms with van der Waals surface area (Å²) in [4.78, 5) is 19.7. The van der Waals surface area contributed by atoms with Gasteiger partial charge in [0.2, 0.25) is 0 Å². The summed E-state index contributed by atoms with van der Waals surface area (Å²) in [5.41, 5.74) is 7.66. The van der Waals surface area contributed by atoms with Crippen LogP contribution in [0.3, 0.4) is 0 Å². The molecule has 0 spiro atoms. The second kappa shape index (κ2) is 4.53. The van der Waals surface area contributed by atoms with Crippen molar-refractivity contribution in [1.29, 1.82) is 0 Å². The van der Waals surface area contributed by atoms with Crippen LogP contribution in [0.4, 0.5) is 5.69 Å². The minimum Gasteiger partial charge on any atom is -0.398 e. The number of nitrogen functional groups attached to an aromatic ring is 1. The number of ketones is 1. The van der Waals surface area contributed by atoms with E-state index < -0.39 is 0 Å². The number of anilines is 1. The first kappa shape index (κ1) is 10.3. The maximum absolute atomic E-state index is 11.8. The molecule has 2 aromatic heterocycles. The summed E-state index contributed by atoms with van der Waals surface area (Å²) in [6.45, 7) is 0. The van der Waals surface area contributed by atoms with Crippen molar-refractivity contribution >= 4 is 11.5 Å². The molecule has 0 radical (unpaired) electrons. The van der Waals surface area contributed by atoms with Crippen LogP contribution in [0.1, 0.15) is 15.9 Å². The molecule has 0 amide bonds. The van der Waals surface area contributed by atoms with E-state index in [9.17, 15) is 4.79 Å². The zero-order valence-corrected chi connectivity index (χ0v) is 8.63. The number of carbonyl (C=O) groups excluding carboxylic acids is 1. The van der Waals surface area contributed by atoms with Gasteiger partial charge in [0.25, 0.3) is 0 Å². The molecule has 16 heavy (non-hydrogen) atoms. The first-order valence-corrected chi connectivity index (χ1v) is 4.89. The molecule has 80 valence electrons. The van der Waals surface area contributed by atoms with Crippen LogP contribution in [-0.4, -0.2) is 15.8 Å². The van der Waals surface area contributed by atoms with Gasteiger partial charge in [0.15, 0.2) is 5.78 Å². The Kier molecular flexibility index (Phi) is 2.91. The van der Waals surface area contributed by atoms with Crippen LogP contribution < -0.4 is 5.73 Å². The third-order valence-corrected chi connectivity index (χ3v) is 2.28. The Morgan fingerprint density at radius 1 is 1.19 bits per heavy atom. The van der Waals surface area contributed by atoms with Crippen molar-refractivity contribution in [3.05, 3.63) is 54.1 Å². The molecule has 0 atom stereocenters. The fourth-order valence-corrected chi connectivity index (χ4v) is 1.39. The first-order valence-electron chi connectivity index (χ1n) is 4.89. The van der Waals surface area contributed by atoms with Gasteiger partial charge in [-0.2, -0.15) is 0 Å². The van der Waals surface area contributed by atoms with E-state index in [-0.39, 0.29) is 12.2 Å². The second-order valence-electron chi connectivity index (χ2n) is 3.42. The molecule has 0 aliphatic rings. The molecule has 0 aliphatic heterocycles. The van der Waals surface area contributed by atoms with Crippen molar-refractivity contribution in [2.75, 3.05) is 5.73 Å². The minimum absolute atomic E-state index is 0.00667. The molecule has 0 bridgehead atoms. The third kappa shape index (κ3) is 2.23. The fraction of sp³-hybridized carbons (Fsp3) is 0.0833. The van der Waals surface area contributed by atoms with Crippen molar-refractivity contribution in [2.24, 2.45) is 0 Å². The van der Waals surface area contributed by atoms with Crippen LogP contribution in [0.5, 0.6) is 0 Å². The predicted molar refractivity (Wildman–Crippen MR) is 60.9 cm³/mol. The zero-order chi connectivity index (χ0) is 11.4. The van der Waals surface area contributed by atoms with E-state index in [0.29, 0.717) is 11.3 Å². The SMILES string of the molecule is Nc1ccncc1CC(=O)c1cccnc1. The van der Waals surface area contributed by atoms with Crippen LogP contribution in [0.25, 0.3) is 0 Å². The molecule has 0 aromatic carbocycles. The summed E-state index contributed by atoms with van der Waals surface area (Å²) < 4.78 is 0. The Balaban J connectivity index is 2.18. The van der Waals surface area contributed by atoms with Gasteiger partial charge in [0.1, 0.15) is 0 Å². The average molecular weight is 213 g/mol. The highest BCUT2D eigenvalue weighted by molar-refractivity contribution is 5.97. The summed E-state index contributed by atoms with van der Waals surface area (Å²) in [5, 5.41) is 0. The molecule has 0 saturated carbocycles. The molecule has 0 unspecified atom stereocenters. The lowest BCUT2D eigenvalue weighted by atomic mass is 10.1. The molecular weight excluding hydrogens is 202 g/mol. The van der Waals surface area contributed by atoms with Crippen molar-refractivity contribution in [3.8, 4) is 0 Å². The van der Waals surface area contributed by atoms with Gasteiger partial charge >= 0.3 is 0 Å². The summed E-state index contributed by atoms with van der Waals surface area (Å²) in [7, 11) is 0. The number of hydrogen-bond donors (Lipinski definition) is 1. The predicted octanol–water partition coefficient (Wildman–Crippen LogP) is 1.48. The summed E-state index contributed by atoms with van der Waals surface area (Å²) in [5.74, 6) is -0.00667. The molecule has 4 nitrogen and oxygen atoms in total. The Morgan fingerprint density at radius 2 is 2.00 bits per heavy atom. The van der Waals surface area contributed by atoms with Crippen molar-refractivity contribution < 1.29 is 4.79 Å². The minimum atomic E-state index is -0.00667. The van der Waals surface area contributed by atoms with Gasteiger partial charge in [0, 0.05) is 48.0 Å². The molecule has 2 N–H and O–H groups in total. The zero-order valence-electron chi connectivity index (χ0n) is 8.63. The highest BCUT2D eigenvalue weighted by Crippen LogP contribution is 2.12. The van der Waals surface area contributed by atoms with Gasteiger partial charge < -0.3 is 5.73 Å². The smallest absolute Gasteiger partial charge is 0.168 e. The van der Waals surface area contributed by atoms with Crippen molar-refractivity contribution in [1.82, 2.24) is 9.97 Å². The number of nitrogens with two attached hydrogens (primary N) is 1. The molecule has 0 aliphatic carbocycles. The number of nitrogens with zero attached hydrogens (tertiary/aromatic N) is 2. The molecule has 0 saturated heterocycles. The van der Waals surface area contributed by atoms with E-state index in [2.05, 4.69) is 9.97 Å². The quantitative estimate of drug-likeness (QED) is 0.784. The van der Waals surface area contributed by atoms with E-state index in [1.54, 1.807) is 43.0 Å². The lowest BCUT2D eigenvalue weighted by molar-refractivity contribution is 0.0992. The van der Waals surface area contributed by atoms with E-state index in [1.165, 1.54) is 0 Å².